The van der Waals surface area contributed by atoms with Crippen LogP contribution in [0.15, 0.2) is 117 Å². The van der Waals surface area contributed by atoms with Crippen molar-refractivity contribution in [3.8, 4) is 5.75 Å². The average molecular weight is 727 g/mol. The molecule has 0 saturated heterocycles. The molecule has 12 heteroatoms. The lowest BCUT2D eigenvalue weighted by Crippen LogP contribution is -2.53. The topological polar surface area (TPSA) is 126 Å². The predicted molar refractivity (Wildman–Crippen MR) is 180 cm³/mol. The summed E-state index contributed by atoms with van der Waals surface area (Å²) in [5, 5.41) is 9.64. The summed E-state index contributed by atoms with van der Waals surface area (Å²) in [6, 6.07) is 29.6. The Morgan fingerprint density at radius 2 is 1.67 bits per heavy atom. The van der Waals surface area contributed by atoms with Crippen molar-refractivity contribution in [2.45, 2.75) is 35.9 Å². The Labute approximate surface area is 281 Å². The number of nitrogens with one attached hydrogen (secondary N) is 2. The molecule has 46 heavy (non-hydrogen) atoms. The molecule has 0 radical (unpaired) electrons. The molecular formula is C34H33BrClN3O6S. The first-order valence-electron chi connectivity index (χ1n) is 14.6. The van der Waals surface area contributed by atoms with E-state index >= 15 is 0 Å². The summed E-state index contributed by atoms with van der Waals surface area (Å²) in [5.74, 6) is -0.125. The lowest BCUT2D eigenvalue weighted by molar-refractivity contribution is -0.130. The van der Waals surface area contributed by atoms with E-state index in [0.717, 1.165) is 5.56 Å². The van der Waals surface area contributed by atoms with Gasteiger partial charge in [-0.1, -0.05) is 76.1 Å². The van der Waals surface area contributed by atoms with Crippen LogP contribution in [0.25, 0.3) is 0 Å². The van der Waals surface area contributed by atoms with Crippen LogP contribution >= 0.6 is 27.5 Å². The number of amides is 1. The van der Waals surface area contributed by atoms with Gasteiger partial charge in [0.25, 0.3) is 5.91 Å². The number of benzene rings is 4. The quantitative estimate of drug-likeness (QED) is 0.111. The highest BCUT2D eigenvalue weighted by molar-refractivity contribution is 9.10. The van der Waals surface area contributed by atoms with Crippen LogP contribution in [0.2, 0.25) is 5.02 Å². The Kier molecular flexibility index (Phi) is 11.1. The molecule has 1 aliphatic rings. The van der Waals surface area contributed by atoms with E-state index in [1.165, 1.54) is 12.1 Å². The van der Waals surface area contributed by atoms with Gasteiger partial charge in [-0.25, -0.2) is 18.8 Å². The van der Waals surface area contributed by atoms with Gasteiger partial charge in [0.05, 0.1) is 17.3 Å². The summed E-state index contributed by atoms with van der Waals surface area (Å²) < 4.78 is 39.8. The number of rotatable bonds is 14. The summed E-state index contributed by atoms with van der Waals surface area (Å²) in [4.78, 5) is 19.4. The Hall–Kier alpha value is -3.74. The van der Waals surface area contributed by atoms with E-state index in [9.17, 15) is 13.2 Å². The molecule has 1 heterocycles. The molecule has 0 aliphatic carbocycles. The molecule has 0 spiro atoms. The zero-order valence-electron chi connectivity index (χ0n) is 24.7. The Morgan fingerprint density at radius 1 is 0.978 bits per heavy atom. The number of hydrogen-bond acceptors (Lipinski definition) is 8. The highest BCUT2D eigenvalue weighted by Crippen LogP contribution is 2.45. The SMILES string of the molecule is O=C(NNCc1ccc(Cl)cc1)[C@@]1(CCS(=O)(=O)c2ccccc2)N=C(c2ccc(OCCCO)cc2)O[C@H]1c1ccccc1Br. The summed E-state index contributed by atoms with van der Waals surface area (Å²) in [6.07, 6.45) is -0.640. The van der Waals surface area contributed by atoms with Crippen molar-refractivity contribution in [2.24, 2.45) is 4.99 Å². The van der Waals surface area contributed by atoms with Crippen LogP contribution in [-0.4, -0.2) is 49.8 Å². The maximum absolute atomic E-state index is 14.3. The number of nitrogens with zero attached hydrogens (tertiary/aromatic N) is 1. The van der Waals surface area contributed by atoms with Gasteiger partial charge in [-0.2, -0.15) is 0 Å². The van der Waals surface area contributed by atoms with Crippen molar-refractivity contribution in [2.75, 3.05) is 19.0 Å². The van der Waals surface area contributed by atoms with E-state index in [0.29, 0.717) is 39.4 Å². The van der Waals surface area contributed by atoms with Crippen molar-refractivity contribution in [3.63, 3.8) is 0 Å². The zero-order chi connectivity index (χ0) is 32.6. The second-order valence-corrected chi connectivity index (χ2v) is 14.0. The van der Waals surface area contributed by atoms with Gasteiger partial charge in [0.1, 0.15) is 5.75 Å². The fourth-order valence-electron chi connectivity index (χ4n) is 5.01. The Morgan fingerprint density at radius 3 is 2.37 bits per heavy atom. The van der Waals surface area contributed by atoms with E-state index in [4.69, 9.17) is 31.2 Å². The van der Waals surface area contributed by atoms with E-state index < -0.39 is 27.4 Å². The van der Waals surface area contributed by atoms with Gasteiger partial charge >= 0.3 is 0 Å². The molecule has 9 nitrogen and oxygen atoms in total. The normalized spacial score (nSPS) is 17.6. The third kappa shape index (κ3) is 7.97. The molecule has 4 aromatic rings. The number of aliphatic hydroxyl groups is 1. The van der Waals surface area contributed by atoms with Gasteiger partial charge in [0, 0.05) is 46.6 Å². The molecule has 5 rings (SSSR count). The fraction of sp³-hybridized carbons (Fsp3) is 0.235. The van der Waals surface area contributed by atoms with Gasteiger partial charge in [-0.05, 0) is 60.2 Å². The van der Waals surface area contributed by atoms with Gasteiger partial charge in [0.15, 0.2) is 21.5 Å². The number of aliphatic imine (C=N–C) groups is 1. The molecule has 0 unspecified atom stereocenters. The average Bonchev–Trinajstić information content (AvgIpc) is 3.46. The molecule has 2 atom stereocenters. The molecular weight excluding hydrogens is 694 g/mol. The molecule has 0 bridgehead atoms. The standard InChI is InChI=1S/C34H33BrClN3O6S/c35-30-10-5-4-9-29(30)31-34(19-22-46(42,43)28-7-2-1-3-8-28,33(41)39-37-23-24-11-15-26(36)16-12-24)38-32(45-31)25-13-17-27(18-14-25)44-21-6-20-40/h1-5,7-18,31,37,40H,6,19-23H2,(H,39,41)/t31-,34-/m0/s1. The first-order chi connectivity index (χ1) is 22.2. The van der Waals surface area contributed by atoms with E-state index in [2.05, 4.69) is 26.8 Å². The van der Waals surface area contributed by atoms with Crippen LogP contribution in [-0.2, 0) is 25.9 Å². The fourth-order valence-corrected chi connectivity index (χ4v) is 7.01. The number of carbonyl (C=O) groups excluding carboxylic acids is 1. The van der Waals surface area contributed by atoms with Gasteiger partial charge < -0.3 is 14.6 Å². The third-order valence-corrected chi connectivity index (χ3v) is 10.2. The van der Waals surface area contributed by atoms with Crippen molar-refractivity contribution in [3.05, 3.63) is 129 Å². The largest absolute Gasteiger partial charge is 0.494 e. The number of hydrogen-bond donors (Lipinski definition) is 3. The van der Waals surface area contributed by atoms with Crippen molar-refractivity contribution in [1.29, 1.82) is 0 Å². The molecule has 1 aliphatic heterocycles. The molecule has 0 fully saturated rings. The predicted octanol–water partition coefficient (Wildman–Crippen LogP) is 5.81. The number of sulfone groups is 1. The summed E-state index contributed by atoms with van der Waals surface area (Å²) in [5.41, 5.74) is 6.15. The zero-order valence-corrected chi connectivity index (χ0v) is 27.9. The minimum absolute atomic E-state index is 0.0257. The first kappa shape index (κ1) is 33.6. The summed E-state index contributed by atoms with van der Waals surface area (Å²) >= 11 is 9.61. The van der Waals surface area contributed by atoms with Crippen LogP contribution in [0.3, 0.4) is 0 Å². The van der Waals surface area contributed by atoms with Crippen LogP contribution in [0.4, 0.5) is 0 Å². The number of halogens is 2. The number of carbonyl (C=O) groups is 1. The number of ether oxygens (including phenoxy) is 2. The van der Waals surface area contributed by atoms with E-state index in [-0.39, 0.29) is 36.1 Å². The minimum Gasteiger partial charge on any atom is -0.494 e. The van der Waals surface area contributed by atoms with Crippen LogP contribution < -0.4 is 15.6 Å². The van der Waals surface area contributed by atoms with Crippen molar-refractivity contribution < 1.29 is 27.8 Å². The molecule has 240 valence electrons. The third-order valence-electron chi connectivity index (χ3n) is 7.48. The summed E-state index contributed by atoms with van der Waals surface area (Å²) in [7, 11) is -3.79. The highest BCUT2D eigenvalue weighted by atomic mass is 79.9. The Balaban J connectivity index is 1.52. The maximum atomic E-state index is 14.3. The minimum atomic E-state index is -3.79. The monoisotopic (exact) mass is 725 g/mol. The van der Waals surface area contributed by atoms with Crippen molar-refractivity contribution in [1.82, 2.24) is 10.9 Å². The molecule has 0 aromatic heterocycles. The lowest BCUT2D eigenvalue weighted by atomic mass is 9.85. The second kappa shape index (κ2) is 15.2. The molecule has 3 N–H and O–H groups in total. The van der Waals surface area contributed by atoms with Crippen LogP contribution in [0.5, 0.6) is 5.75 Å². The van der Waals surface area contributed by atoms with Gasteiger partial charge in [0.2, 0.25) is 5.90 Å². The van der Waals surface area contributed by atoms with Gasteiger partial charge in [-0.3, -0.25) is 10.2 Å². The highest BCUT2D eigenvalue weighted by Gasteiger charge is 2.54. The number of aliphatic hydroxyl groups excluding tert-OH is 1. The lowest BCUT2D eigenvalue weighted by Gasteiger charge is -2.31. The Bertz CT molecular complexity index is 1770. The second-order valence-electron chi connectivity index (χ2n) is 10.6. The van der Waals surface area contributed by atoms with Crippen LogP contribution in [0.1, 0.15) is 35.6 Å². The molecule has 0 saturated carbocycles. The van der Waals surface area contributed by atoms with E-state index in [1.807, 2.05) is 36.4 Å². The maximum Gasteiger partial charge on any atom is 0.266 e. The van der Waals surface area contributed by atoms with E-state index in [1.54, 1.807) is 54.6 Å². The molecule has 1 amide bonds. The van der Waals surface area contributed by atoms with Crippen LogP contribution in [0, 0.1) is 0 Å². The molecule has 4 aromatic carbocycles. The first-order valence-corrected chi connectivity index (χ1v) is 17.4. The van der Waals surface area contributed by atoms with Crippen molar-refractivity contribution >= 4 is 49.2 Å². The number of hydrazine groups is 1. The summed E-state index contributed by atoms with van der Waals surface area (Å²) in [6.45, 7) is 0.674. The smallest absolute Gasteiger partial charge is 0.266 e. The van der Waals surface area contributed by atoms with Gasteiger partial charge in [-0.15, -0.1) is 0 Å².